The van der Waals surface area contributed by atoms with Gasteiger partial charge in [-0.1, -0.05) is 37.3 Å². The van der Waals surface area contributed by atoms with Gasteiger partial charge in [-0.15, -0.1) is 0 Å². The molecule has 1 aromatic carbocycles. The summed E-state index contributed by atoms with van der Waals surface area (Å²) in [7, 11) is 3.89. The number of carboxylic acids is 1. The number of esters is 1. The molecule has 1 atom stereocenters. The number of rotatable bonds is 10. The van der Waals surface area contributed by atoms with Crippen LogP contribution in [0, 0.1) is 5.41 Å². The molecule has 0 spiro atoms. The van der Waals surface area contributed by atoms with Crippen LogP contribution in [0.25, 0.3) is 0 Å². The number of likely N-dealkylation sites (N-methyl/N-ethyl adjacent to an activating group) is 1. The Labute approximate surface area is 151 Å². The van der Waals surface area contributed by atoms with Crippen LogP contribution in [-0.4, -0.2) is 55.3 Å². The van der Waals surface area contributed by atoms with Crippen molar-refractivity contribution in [2.24, 2.45) is 5.41 Å². The lowest BCUT2D eigenvalue weighted by Gasteiger charge is -2.30. The maximum atomic E-state index is 12.5. The van der Waals surface area contributed by atoms with Gasteiger partial charge in [0.1, 0.15) is 13.2 Å². The van der Waals surface area contributed by atoms with Crippen LogP contribution in [0.15, 0.2) is 30.3 Å². The molecule has 0 aliphatic carbocycles. The van der Waals surface area contributed by atoms with Crippen molar-refractivity contribution < 1.29 is 23.9 Å². The van der Waals surface area contributed by atoms with Gasteiger partial charge in [0.15, 0.2) is 0 Å². The monoisotopic (exact) mass is 350 g/mol. The van der Waals surface area contributed by atoms with Crippen molar-refractivity contribution in [3.63, 3.8) is 0 Å². The van der Waals surface area contributed by atoms with Gasteiger partial charge in [0.2, 0.25) is 0 Å². The van der Waals surface area contributed by atoms with Crippen LogP contribution in [0.4, 0.5) is 0 Å². The summed E-state index contributed by atoms with van der Waals surface area (Å²) in [4.78, 5) is 23.1. The second kappa shape index (κ2) is 8.99. The molecule has 1 aromatic rings. The number of nitrogens with zero attached hydrogens (tertiary/aromatic N) is 1. The van der Waals surface area contributed by atoms with Gasteiger partial charge >= 0.3 is 11.9 Å². The second-order valence-electron chi connectivity index (χ2n) is 8.06. The van der Waals surface area contributed by atoms with Crippen LogP contribution in [0.2, 0.25) is 0 Å². The van der Waals surface area contributed by atoms with Gasteiger partial charge in [0, 0.05) is 0 Å². The number of hydrogen-bond acceptors (Lipinski definition) is 3. The van der Waals surface area contributed by atoms with Crippen LogP contribution >= 0.6 is 0 Å². The summed E-state index contributed by atoms with van der Waals surface area (Å²) in [5.74, 6) is -0.737. The molecule has 0 aliphatic heterocycles. The van der Waals surface area contributed by atoms with Gasteiger partial charge in [-0.2, -0.15) is 0 Å². The lowest BCUT2D eigenvalue weighted by molar-refractivity contribution is -0.889. The Hall–Kier alpha value is -1.88. The summed E-state index contributed by atoms with van der Waals surface area (Å²) in [5.41, 5.74) is 0.655. The molecule has 1 N–H and O–H groups in total. The normalized spacial score (nSPS) is 13.3. The molecule has 25 heavy (non-hydrogen) atoms. The third-order valence-corrected chi connectivity index (χ3v) is 4.60. The average Bonchev–Trinajstić information content (AvgIpc) is 2.53. The van der Waals surface area contributed by atoms with E-state index in [0.29, 0.717) is 30.6 Å². The van der Waals surface area contributed by atoms with E-state index in [1.807, 2.05) is 46.1 Å². The molecule has 0 heterocycles. The van der Waals surface area contributed by atoms with Crippen LogP contribution in [0.3, 0.4) is 0 Å². The van der Waals surface area contributed by atoms with E-state index in [1.165, 1.54) is 5.56 Å². The topological polar surface area (TPSA) is 63.6 Å². The van der Waals surface area contributed by atoms with Crippen molar-refractivity contribution in [3.05, 3.63) is 35.9 Å². The van der Waals surface area contributed by atoms with Crippen molar-refractivity contribution in [3.8, 4) is 0 Å². The van der Waals surface area contributed by atoms with E-state index < -0.39 is 11.4 Å². The summed E-state index contributed by atoms with van der Waals surface area (Å²) < 4.78 is 6.00. The average molecular weight is 350 g/mol. The molecule has 0 aliphatic rings. The number of ether oxygens (including phenoxy) is 1. The van der Waals surface area contributed by atoms with E-state index in [9.17, 15) is 9.59 Å². The third kappa shape index (κ3) is 7.69. The Kier molecular flexibility index (Phi) is 7.61. The minimum absolute atomic E-state index is 0.112. The first-order valence-electron chi connectivity index (χ1n) is 8.79. The van der Waals surface area contributed by atoms with Gasteiger partial charge in [-0.25, -0.2) is 0 Å². The van der Waals surface area contributed by atoms with Crippen molar-refractivity contribution in [2.75, 3.05) is 33.8 Å². The smallest absolute Gasteiger partial charge is 0.311 e. The van der Waals surface area contributed by atoms with E-state index in [1.54, 1.807) is 0 Å². The Bertz CT molecular complexity index is 566. The summed E-state index contributed by atoms with van der Waals surface area (Å²) >= 11 is 0. The fourth-order valence-corrected chi connectivity index (χ4v) is 2.84. The minimum atomic E-state index is -0.806. The molecule has 140 valence electrons. The van der Waals surface area contributed by atoms with Gasteiger partial charge in [0.05, 0.1) is 32.5 Å². The highest BCUT2D eigenvalue weighted by atomic mass is 16.5. The number of aliphatic carboxylic acids is 1. The van der Waals surface area contributed by atoms with E-state index in [2.05, 4.69) is 19.1 Å². The molecule has 1 rings (SSSR count). The molecular weight excluding hydrogens is 318 g/mol. The molecule has 0 radical (unpaired) electrons. The molecule has 0 saturated heterocycles. The maximum absolute atomic E-state index is 12.5. The van der Waals surface area contributed by atoms with E-state index in [-0.39, 0.29) is 18.3 Å². The largest absolute Gasteiger partial charge is 0.481 e. The first-order chi connectivity index (χ1) is 11.5. The maximum Gasteiger partial charge on any atom is 0.311 e. The molecule has 5 nitrogen and oxygen atoms in total. The molecule has 1 unspecified atom stereocenters. The third-order valence-electron chi connectivity index (χ3n) is 4.60. The number of hydrogen-bond donors (Lipinski definition) is 1. The molecule has 0 saturated carbocycles. The number of carboxylic acid groups (broad SMARTS) is 1. The first kappa shape index (κ1) is 21.2. The van der Waals surface area contributed by atoms with Crippen LogP contribution < -0.4 is 0 Å². The number of quaternary nitrogens is 1. The van der Waals surface area contributed by atoms with Gasteiger partial charge in [0.25, 0.3) is 0 Å². The molecule has 0 aromatic heterocycles. The molecule has 0 fully saturated rings. The lowest BCUT2D eigenvalue weighted by atomic mass is 9.81. The Morgan fingerprint density at radius 3 is 2.32 bits per heavy atom. The molecule has 5 heteroatoms. The van der Waals surface area contributed by atoms with Gasteiger partial charge in [-0.3, -0.25) is 9.59 Å². The van der Waals surface area contributed by atoms with Crippen LogP contribution in [0.1, 0.15) is 45.1 Å². The number of benzene rings is 1. The zero-order valence-corrected chi connectivity index (χ0v) is 16.1. The fourth-order valence-electron chi connectivity index (χ4n) is 2.84. The highest BCUT2D eigenvalue weighted by Crippen LogP contribution is 2.32. The van der Waals surface area contributed by atoms with E-state index in [0.717, 1.165) is 0 Å². The predicted octanol–water partition coefficient (Wildman–Crippen LogP) is 3.30. The minimum Gasteiger partial charge on any atom is -0.481 e. The highest BCUT2D eigenvalue weighted by Gasteiger charge is 2.32. The fraction of sp³-hybridized carbons (Fsp3) is 0.600. The highest BCUT2D eigenvalue weighted by molar-refractivity contribution is 5.76. The van der Waals surface area contributed by atoms with Crippen molar-refractivity contribution >= 4 is 11.9 Å². The predicted molar refractivity (Wildman–Crippen MR) is 98.3 cm³/mol. The van der Waals surface area contributed by atoms with Crippen molar-refractivity contribution in [2.45, 2.75) is 39.5 Å². The summed E-state index contributed by atoms with van der Waals surface area (Å²) in [6.07, 6.45) is 0.828. The molecule has 0 amide bonds. The van der Waals surface area contributed by atoms with E-state index >= 15 is 0 Å². The van der Waals surface area contributed by atoms with E-state index in [4.69, 9.17) is 9.84 Å². The Balaban J connectivity index is 2.48. The first-order valence-corrected chi connectivity index (χ1v) is 8.79. The summed E-state index contributed by atoms with van der Waals surface area (Å²) in [6, 6.07) is 10.2. The Morgan fingerprint density at radius 2 is 1.76 bits per heavy atom. The second-order valence-corrected chi connectivity index (χ2v) is 8.06. The van der Waals surface area contributed by atoms with Crippen LogP contribution in [-0.2, 0) is 14.3 Å². The van der Waals surface area contributed by atoms with Gasteiger partial charge in [-0.05, 0) is 31.7 Å². The zero-order valence-electron chi connectivity index (χ0n) is 16.1. The molecular formula is C20H32NO4+. The standard InChI is InChI=1S/C20H31NO4/c1-16(17-9-7-6-8-10-17)15-20(2,3)19(24)25-14-13-21(4,5)12-11-18(22)23/h6-10,16H,11-15H2,1-5H3/p+1. The lowest BCUT2D eigenvalue weighted by Crippen LogP contribution is -2.44. The summed E-state index contributed by atoms with van der Waals surface area (Å²) in [5, 5.41) is 8.78. The number of carbonyl (C=O) groups is 2. The van der Waals surface area contributed by atoms with Gasteiger partial charge < -0.3 is 14.3 Å². The number of carbonyl (C=O) groups excluding carboxylic acids is 1. The van der Waals surface area contributed by atoms with Crippen molar-refractivity contribution in [1.29, 1.82) is 0 Å². The SMILES string of the molecule is CC(CC(C)(C)C(=O)OCC[N+](C)(C)CCC(=O)O)c1ccccc1. The zero-order chi connectivity index (χ0) is 19.1. The summed E-state index contributed by atoms with van der Waals surface area (Å²) in [6.45, 7) is 7.37. The molecule has 0 bridgehead atoms. The van der Waals surface area contributed by atoms with Crippen LogP contribution in [0.5, 0.6) is 0 Å². The quantitative estimate of drug-likeness (QED) is 0.519. The Morgan fingerprint density at radius 1 is 1.16 bits per heavy atom. The van der Waals surface area contributed by atoms with Crippen molar-refractivity contribution in [1.82, 2.24) is 0 Å².